The predicted octanol–water partition coefficient (Wildman–Crippen LogP) is 2.60. The van der Waals surface area contributed by atoms with Crippen LogP contribution >= 0.6 is 27.7 Å². The van der Waals surface area contributed by atoms with Gasteiger partial charge in [0.05, 0.1) is 0 Å². The van der Waals surface area contributed by atoms with Gasteiger partial charge in [-0.05, 0) is 18.6 Å². The van der Waals surface area contributed by atoms with Crippen molar-refractivity contribution in [2.24, 2.45) is 0 Å². The molecular formula is C9H18BrNS. The maximum absolute atomic E-state index is 3.51. The van der Waals surface area contributed by atoms with E-state index in [4.69, 9.17) is 0 Å². The average Bonchev–Trinajstić information content (AvgIpc) is 2.86. The first-order chi connectivity index (χ1) is 5.88. The molecule has 0 atom stereocenters. The smallest absolute Gasteiger partial charge is 0.0159 e. The molecule has 1 nitrogen and oxygen atoms in total. The lowest BCUT2D eigenvalue weighted by molar-refractivity contribution is 0.299. The van der Waals surface area contributed by atoms with Crippen LogP contribution in [0.15, 0.2) is 0 Å². The third-order valence-corrected chi connectivity index (χ3v) is 3.40. The van der Waals surface area contributed by atoms with E-state index in [2.05, 4.69) is 39.5 Å². The van der Waals surface area contributed by atoms with Crippen LogP contribution in [-0.2, 0) is 0 Å². The van der Waals surface area contributed by atoms with E-state index >= 15 is 0 Å². The van der Waals surface area contributed by atoms with E-state index in [9.17, 15) is 0 Å². The van der Waals surface area contributed by atoms with Crippen molar-refractivity contribution in [3.05, 3.63) is 0 Å². The van der Waals surface area contributed by atoms with Crippen molar-refractivity contribution in [2.75, 3.05) is 29.9 Å². The van der Waals surface area contributed by atoms with E-state index in [-0.39, 0.29) is 0 Å². The lowest BCUT2D eigenvalue weighted by Crippen LogP contribution is -2.30. The van der Waals surface area contributed by atoms with Crippen LogP contribution < -0.4 is 0 Å². The third-order valence-electron chi connectivity index (χ3n) is 2.16. The lowest BCUT2D eigenvalue weighted by atomic mass is 10.5. The molecule has 1 fully saturated rings. The second-order valence-corrected chi connectivity index (χ2v) is 5.34. The molecule has 0 aromatic carbocycles. The number of halogens is 1. The van der Waals surface area contributed by atoms with Gasteiger partial charge < -0.3 is 0 Å². The van der Waals surface area contributed by atoms with Crippen molar-refractivity contribution in [3.8, 4) is 0 Å². The van der Waals surface area contributed by atoms with Crippen LogP contribution in [0.1, 0.15) is 19.8 Å². The number of alkyl halides is 1. The Balaban J connectivity index is 2.05. The summed E-state index contributed by atoms with van der Waals surface area (Å²) in [6, 6.07) is 0.931. The Hall–Kier alpha value is 0.790. The lowest BCUT2D eigenvalue weighted by Gasteiger charge is -2.20. The molecular weight excluding hydrogens is 234 g/mol. The summed E-state index contributed by atoms with van der Waals surface area (Å²) in [5.74, 6) is 2.56. The van der Waals surface area contributed by atoms with Crippen LogP contribution in [0.3, 0.4) is 0 Å². The van der Waals surface area contributed by atoms with E-state index < -0.39 is 0 Å². The normalized spacial score (nSPS) is 17.2. The van der Waals surface area contributed by atoms with Gasteiger partial charge in [-0.2, -0.15) is 11.8 Å². The van der Waals surface area contributed by atoms with Crippen LogP contribution in [-0.4, -0.2) is 40.9 Å². The zero-order valence-corrected chi connectivity index (χ0v) is 10.2. The Morgan fingerprint density at radius 3 is 2.67 bits per heavy atom. The van der Waals surface area contributed by atoms with E-state index in [1.54, 1.807) is 0 Å². The van der Waals surface area contributed by atoms with Crippen LogP contribution in [0.5, 0.6) is 0 Å². The average molecular weight is 252 g/mol. The van der Waals surface area contributed by atoms with E-state index in [0.717, 1.165) is 11.4 Å². The highest BCUT2D eigenvalue weighted by Gasteiger charge is 2.27. The summed E-state index contributed by atoms with van der Waals surface area (Å²) >= 11 is 5.56. The van der Waals surface area contributed by atoms with Crippen molar-refractivity contribution in [1.82, 2.24) is 4.90 Å². The van der Waals surface area contributed by atoms with Crippen LogP contribution in [0.4, 0.5) is 0 Å². The molecule has 0 bridgehead atoms. The second kappa shape index (κ2) is 6.28. The molecule has 12 heavy (non-hydrogen) atoms. The SMILES string of the molecule is CCSCCN(CCBr)C1CC1. The Labute approximate surface area is 88.4 Å². The maximum atomic E-state index is 3.51. The zero-order valence-electron chi connectivity index (χ0n) is 7.76. The Bertz CT molecular complexity index is 117. The molecule has 0 heterocycles. The Morgan fingerprint density at radius 1 is 1.42 bits per heavy atom. The standard InChI is InChI=1S/C9H18BrNS/c1-2-12-8-7-11(6-5-10)9-3-4-9/h9H,2-8H2,1H3. The van der Waals surface area contributed by atoms with Crippen LogP contribution in [0, 0.1) is 0 Å². The monoisotopic (exact) mass is 251 g/mol. The highest BCUT2D eigenvalue weighted by molar-refractivity contribution is 9.09. The van der Waals surface area contributed by atoms with Crippen molar-refractivity contribution in [2.45, 2.75) is 25.8 Å². The van der Waals surface area contributed by atoms with Crippen molar-refractivity contribution in [3.63, 3.8) is 0 Å². The molecule has 0 spiro atoms. The molecule has 0 N–H and O–H groups in total. The molecule has 0 unspecified atom stereocenters. The summed E-state index contributed by atoms with van der Waals surface area (Å²) in [5, 5.41) is 1.13. The van der Waals surface area contributed by atoms with E-state index in [1.165, 1.54) is 37.4 Å². The minimum Gasteiger partial charge on any atom is -0.299 e. The first kappa shape index (κ1) is 10.9. The van der Waals surface area contributed by atoms with E-state index in [0.29, 0.717) is 0 Å². The molecule has 0 aromatic rings. The van der Waals surface area contributed by atoms with Gasteiger partial charge >= 0.3 is 0 Å². The van der Waals surface area contributed by atoms with Crippen LogP contribution in [0.2, 0.25) is 0 Å². The molecule has 0 amide bonds. The molecule has 0 radical (unpaired) electrons. The van der Waals surface area contributed by atoms with Gasteiger partial charge in [0.15, 0.2) is 0 Å². The molecule has 72 valence electrons. The second-order valence-electron chi connectivity index (χ2n) is 3.15. The summed E-state index contributed by atoms with van der Waals surface area (Å²) in [7, 11) is 0. The number of rotatable bonds is 7. The summed E-state index contributed by atoms with van der Waals surface area (Å²) in [6.07, 6.45) is 2.87. The number of hydrogen-bond acceptors (Lipinski definition) is 2. The van der Waals surface area contributed by atoms with Gasteiger partial charge in [-0.3, -0.25) is 4.90 Å². The minimum absolute atomic E-state index is 0.931. The summed E-state index contributed by atoms with van der Waals surface area (Å²) in [6.45, 7) is 4.75. The van der Waals surface area contributed by atoms with Gasteiger partial charge in [-0.1, -0.05) is 22.9 Å². The Morgan fingerprint density at radius 2 is 2.17 bits per heavy atom. The summed E-state index contributed by atoms with van der Waals surface area (Å²) < 4.78 is 0. The zero-order chi connectivity index (χ0) is 8.81. The van der Waals surface area contributed by atoms with Gasteiger partial charge in [-0.15, -0.1) is 0 Å². The predicted molar refractivity (Wildman–Crippen MR) is 61.4 cm³/mol. The van der Waals surface area contributed by atoms with Gasteiger partial charge in [0.2, 0.25) is 0 Å². The van der Waals surface area contributed by atoms with Gasteiger partial charge in [0.25, 0.3) is 0 Å². The maximum Gasteiger partial charge on any atom is 0.0159 e. The molecule has 1 aliphatic carbocycles. The van der Waals surface area contributed by atoms with Gasteiger partial charge in [0.1, 0.15) is 0 Å². The molecule has 0 aromatic heterocycles. The summed E-state index contributed by atoms with van der Waals surface area (Å²) in [4.78, 5) is 2.62. The van der Waals surface area contributed by atoms with E-state index in [1.807, 2.05) is 0 Å². The molecule has 1 rings (SSSR count). The van der Waals surface area contributed by atoms with Gasteiger partial charge in [0, 0.05) is 30.2 Å². The van der Waals surface area contributed by atoms with Crippen molar-refractivity contribution >= 4 is 27.7 Å². The Kier molecular flexibility index (Phi) is 5.68. The first-order valence-corrected chi connectivity index (χ1v) is 7.04. The van der Waals surface area contributed by atoms with Gasteiger partial charge in [-0.25, -0.2) is 0 Å². The number of nitrogens with zero attached hydrogens (tertiary/aromatic N) is 1. The highest BCUT2D eigenvalue weighted by Crippen LogP contribution is 2.26. The van der Waals surface area contributed by atoms with Crippen LogP contribution in [0.25, 0.3) is 0 Å². The fourth-order valence-electron chi connectivity index (χ4n) is 1.35. The topological polar surface area (TPSA) is 3.24 Å². The molecule has 0 saturated heterocycles. The fourth-order valence-corrected chi connectivity index (χ4v) is 2.46. The molecule has 0 aliphatic heterocycles. The fraction of sp³-hybridized carbons (Fsp3) is 1.00. The largest absolute Gasteiger partial charge is 0.299 e. The summed E-state index contributed by atoms with van der Waals surface area (Å²) in [5.41, 5.74) is 0. The molecule has 1 aliphatic rings. The first-order valence-electron chi connectivity index (χ1n) is 4.76. The van der Waals surface area contributed by atoms with Crippen molar-refractivity contribution < 1.29 is 0 Å². The minimum atomic E-state index is 0.931. The van der Waals surface area contributed by atoms with Crippen molar-refractivity contribution in [1.29, 1.82) is 0 Å². The third kappa shape index (κ3) is 4.15. The molecule has 3 heteroatoms. The number of thioether (sulfide) groups is 1. The number of hydrogen-bond donors (Lipinski definition) is 0. The quantitative estimate of drug-likeness (QED) is 0.506. The highest BCUT2D eigenvalue weighted by atomic mass is 79.9. The molecule has 1 saturated carbocycles.